The lowest BCUT2D eigenvalue weighted by Crippen LogP contribution is -1.94. The van der Waals surface area contributed by atoms with Crippen LogP contribution in [0.1, 0.15) is 5.56 Å². The molecular formula is C31H24N4O. The first-order chi connectivity index (χ1) is 17.6. The van der Waals surface area contributed by atoms with Crippen molar-refractivity contribution in [2.75, 3.05) is 0 Å². The molecular weight excluding hydrogens is 444 g/mol. The highest BCUT2D eigenvalue weighted by molar-refractivity contribution is 5.95. The molecule has 5 heteroatoms. The quantitative estimate of drug-likeness (QED) is 0.301. The molecule has 0 fully saturated rings. The third kappa shape index (κ3) is 3.71. The molecule has 0 saturated heterocycles. The summed E-state index contributed by atoms with van der Waals surface area (Å²) in [6.07, 6.45) is 3.60. The van der Waals surface area contributed by atoms with Crippen molar-refractivity contribution >= 4 is 11.0 Å². The van der Waals surface area contributed by atoms with Gasteiger partial charge in [-0.2, -0.15) is 0 Å². The van der Waals surface area contributed by atoms with Crippen LogP contribution >= 0.6 is 0 Å². The molecule has 3 heterocycles. The van der Waals surface area contributed by atoms with Crippen LogP contribution in [0, 0.1) is 6.92 Å². The first kappa shape index (κ1) is 21.7. The Morgan fingerprint density at radius 3 is 2.33 bits per heavy atom. The van der Waals surface area contributed by atoms with Crippen molar-refractivity contribution in [3.63, 3.8) is 0 Å². The summed E-state index contributed by atoms with van der Waals surface area (Å²) in [7, 11) is 1.94. The Morgan fingerprint density at radius 2 is 1.50 bits per heavy atom. The molecule has 6 rings (SSSR count). The molecule has 0 unspecified atom stereocenters. The van der Waals surface area contributed by atoms with Gasteiger partial charge in [-0.15, -0.1) is 0 Å². The van der Waals surface area contributed by atoms with Crippen molar-refractivity contribution in [3.8, 4) is 50.8 Å². The minimum atomic E-state index is 0.110. The number of pyridine rings is 2. The van der Waals surface area contributed by atoms with Crippen molar-refractivity contribution in [2.24, 2.45) is 7.05 Å². The topological polar surface area (TPSA) is 63.8 Å². The second-order valence-corrected chi connectivity index (χ2v) is 8.87. The summed E-state index contributed by atoms with van der Waals surface area (Å²) in [6, 6.07) is 30.4. The van der Waals surface area contributed by atoms with E-state index in [1.165, 1.54) is 11.1 Å². The maximum atomic E-state index is 10.4. The Balaban J connectivity index is 1.47. The SMILES string of the molecule is Cc1cnc(-c2cccc(-c3cccc4c3nc(-c3ncccc3O)n4C)c2)cc1-c1ccccc1. The molecule has 0 amide bonds. The highest BCUT2D eigenvalue weighted by Crippen LogP contribution is 2.35. The number of para-hydroxylation sites is 1. The Morgan fingerprint density at radius 1 is 0.722 bits per heavy atom. The van der Waals surface area contributed by atoms with Gasteiger partial charge in [-0.3, -0.25) is 4.98 Å². The molecule has 0 saturated carbocycles. The van der Waals surface area contributed by atoms with E-state index in [-0.39, 0.29) is 5.75 Å². The van der Waals surface area contributed by atoms with E-state index in [1.807, 2.05) is 36.0 Å². The smallest absolute Gasteiger partial charge is 0.163 e. The van der Waals surface area contributed by atoms with Crippen LogP contribution in [-0.4, -0.2) is 24.6 Å². The molecule has 0 aliphatic carbocycles. The number of fused-ring (bicyclic) bond motifs is 1. The zero-order chi connectivity index (χ0) is 24.6. The van der Waals surface area contributed by atoms with E-state index >= 15 is 0 Å². The largest absolute Gasteiger partial charge is 0.506 e. The molecule has 0 radical (unpaired) electrons. The lowest BCUT2D eigenvalue weighted by atomic mass is 9.97. The van der Waals surface area contributed by atoms with Crippen LogP contribution in [0.5, 0.6) is 5.75 Å². The molecule has 0 atom stereocenters. The van der Waals surface area contributed by atoms with Gasteiger partial charge in [-0.25, -0.2) is 9.97 Å². The number of aryl methyl sites for hydroxylation is 2. The number of benzene rings is 3. The summed E-state index contributed by atoms with van der Waals surface area (Å²) >= 11 is 0. The molecule has 1 N–H and O–H groups in total. The number of rotatable bonds is 4. The van der Waals surface area contributed by atoms with E-state index in [1.54, 1.807) is 18.3 Å². The van der Waals surface area contributed by atoms with Gasteiger partial charge in [0.15, 0.2) is 5.82 Å². The van der Waals surface area contributed by atoms with Crippen LogP contribution < -0.4 is 0 Å². The van der Waals surface area contributed by atoms with Crippen LogP contribution in [0.3, 0.4) is 0 Å². The number of imidazole rings is 1. The van der Waals surface area contributed by atoms with Gasteiger partial charge in [-0.1, -0.05) is 60.7 Å². The van der Waals surface area contributed by atoms with E-state index in [0.717, 1.165) is 39.0 Å². The molecule has 3 aromatic heterocycles. The van der Waals surface area contributed by atoms with Gasteiger partial charge in [0.25, 0.3) is 0 Å². The Labute approximate surface area is 209 Å². The third-order valence-electron chi connectivity index (χ3n) is 6.57. The fraction of sp³-hybridized carbons (Fsp3) is 0.0645. The highest BCUT2D eigenvalue weighted by atomic mass is 16.3. The normalized spacial score (nSPS) is 11.2. The molecule has 5 nitrogen and oxygen atoms in total. The number of nitrogens with zero attached hydrogens (tertiary/aromatic N) is 4. The fourth-order valence-electron chi connectivity index (χ4n) is 4.68. The van der Waals surface area contributed by atoms with Gasteiger partial charge in [0.2, 0.25) is 0 Å². The summed E-state index contributed by atoms with van der Waals surface area (Å²) in [5.74, 6) is 0.735. The lowest BCUT2D eigenvalue weighted by Gasteiger charge is -2.10. The lowest BCUT2D eigenvalue weighted by molar-refractivity contribution is 0.474. The van der Waals surface area contributed by atoms with Crippen molar-refractivity contribution in [1.29, 1.82) is 0 Å². The van der Waals surface area contributed by atoms with E-state index in [0.29, 0.717) is 11.5 Å². The average Bonchev–Trinajstić information content (AvgIpc) is 3.26. The summed E-state index contributed by atoms with van der Waals surface area (Å²) in [5.41, 5.74) is 9.83. The molecule has 0 aliphatic rings. The number of hydrogen-bond donors (Lipinski definition) is 1. The van der Waals surface area contributed by atoms with Crippen molar-refractivity contribution in [3.05, 3.63) is 109 Å². The molecule has 0 bridgehead atoms. The molecule has 0 aliphatic heterocycles. The number of aromatic nitrogens is 4. The highest BCUT2D eigenvalue weighted by Gasteiger charge is 2.17. The summed E-state index contributed by atoms with van der Waals surface area (Å²) in [5, 5.41) is 10.4. The molecule has 0 spiro atoms. The summed E-state index contributed by atoms with van der Waals surface area (Å²) in [6.45, 7) is 2.09. The predicted molar refractivity (Wildman–Crippen MR) is 144 cm³/mol. The minimum absolute atomic E-state index is 0.110. The van der Waals surface area contributed by atoms with Crippen LogP contribution in [0.25, 0.3) is 56.1 Å². The van der Waals surface area contributed by atoms with E-state index in [2.05, 4.69) is 72.6 Å². The number of hydrogen-bond acceptors (Lipinski definition) is 4. The van der Waals surface area contributed by atoms with Gasteiger partial charge in [-0.05, 0) is 59.5 Å². The second-order valence-electron chi connectivity index (χ2n) is 8.87. The molecule has 3 aromatic carbocycles. The average molecular weight is 469 g/mol. The maximum absolute atomic E-state index is 10.4. The van der Waals surface area contributed by atoms with Crippen molar-refractivity contribution in [2.45, 2.75) is 6.92 Å². The third-order valence-corrected chi connectivity index (χ3v) is 6.57. The maximum Gasteiger partial charge on any atom is 0.163 e. The standard InChI is InChI=1S/C31H24N4O/c1-20-19-33-26(18-25(20)21-9-4-3-5-10-21)23-12-6-11-22(17-23)24-13-7-14-27-29(24)34-31(35(27)2)30-28(36)15-8-16-32-30/h3-19,36H,1-2H3. The first-order valence-electron chi connectivity index (χ1n) is 11.8. The Bertz CT molecular complexity index is 1720. The van der Waals surface area contributed by atoms with Crippen LogP contribution in [0.2, 0.25) is 0 Å². The van der Waals surface area contributed by atoms with Crippen LogP contribution in [0.15, 0.2) is 103 Å². The monoisotopic (exact) mass is 468 g/mol. The number of aromatic hydroxyl groups is 1. The molecule has 36 heavy (non-hydrogen) atoms. The Hall–Kier alpha value is -4.77. The fourth-order valence-corrected chi connectivity index (χ4v) is 4.68. The van der Waals surface area contributed by atoms with Gasteiger partial charge < -0.3 is 9.67 Å². The van der Waals surface area contributed by atoms with Crippen LogP contribution in [-0.2, 0) is 7.05 Å². The molecule has 174 valence electrons. The minimum Gasteiger partial charge on any atom is -0.506 e. The Kier molecular flexibility index (Phi) is 5.30. The molecule has 6 aromatic rings. The van der Waals surface area contributed by atoms with Gasteiger partial charge in [0.05, 0.1) is 16.7 Å². The van der Waals surface area contributed by atoms with Gasteiger partial charge in [0.1, 0.15) is 11.4 Å². The summed E-state index contributed by atoms with van der Waals surface area (Å²) in [4.78, 5) is 14.0. The van der Waals surface area contributed by atoms with Gasteiger partial charge in [0, 0.05) is 30.6 Å². The zero-order valence-corrected chi connectivity index (χ0v) is 20.1. The summed E-state index contributed by atoms with van der Waals surface area (Å²) < 4.78 is 1.97. The van der Waals surface area contributed by atoms with Gasteiger partial charge >= 0.3 is 0 Å². The van der Waals surface area contributed by atoms with E-state index in [9.17, 15) is 5.11 Å². The van der Waals surface area contributed by atoms with Crippen molar-refractivity contribution < 1.29 is 5.11 Å². The first-order valence-corrected chi connectivity index (χ1v) is 11.8. The van der Waals surface area contributed by atoms with Crippen LogP contribution in [0.4, 0.5) is 0 Å². The zero-order valence-electron chi connectivity index (χ0n) is 20.1. The van der Waals surface area contributed by atoms with E-state index < -0.39 is 0 Å². The predicted octanol–water partition coefficient (Wildman–Crippen LogP) is 7.05. The van der Waals surface area contributed by atoms with E-state index in [4.69, 9.17) is 9.97 Å². The van der Waals surface area contributed by atoms with Crippen molar-refractivity contribution in [1.82, 2.24) is 19.5 Å². The second kappa shape index (κ2) is 8.78.